The molecule has 142 valence electrons. The van der Waals surface area contributed by atoms with Crippen molar-refractivity contribution in [3.8, 4) is 0 Å². The van der Waals surface area contributed by atoms with E-state index in [0.29, 0.717) is 24.3 Å². The van der Waals surface area contributed by atoms with Crippen molar-refractivity contribution in [2.24, 2.45) is 11.8 Å². The Balaban J connectivity index is 1.40. The van der Waals surface area contributed by atoms with Crippen LogP contribution >= 0.6 is 0 Å². The summed E-state index contributed by atoms with van der Waals surface area (Å²) in [6.45, 7) is 13.3. The number of carbonyl (C=O) groups excluding carboxylic acids is 2. The van der Waals surface area contributed by atoms with Gasteiger partial charge in [-0.3, -0.25) is 9.59 Å². The van der Waals surface area contributed by atoms with E-state index in [2.05, 4.69) is 26.9 Å². The minimum absolute atomic E-state index is 0.0324. The Kier molecular flexibility index (Phi) is 6.00. The van der Waals surface area contributed by atoms with Crippen LogP contribution in [-0.4, -0.2) is 84.4 Å². The van der Waals surface area contributed by atoms with Crippen molar-refractivity contribution < 1.29 is 9.59 Å². The van der Waals surface area contributed by atoms with Gasteiger partial charge in [-0.15, -0.1) is 0 Å². The summed E-state index contributed by atoms with van der Waals surface area (Å²) in [5.74, 6) is 0.926. The van der Waals surface area contributed by atoms with E-state index in [1.807, 2.05) is 13.8 Å². The molecule has 2 bridgehead atoms. The zero-order valence-corrected chi connectivity index (χ0v) is 16.0. The van der Waals surface area contributed by atoms with Crippen molar-refractivity contribution in [1.82, 2.24) is 20.0 Å². The van der Waals surface area contributed by atoms with E-state index in [0.717, 1.165) is 58.7 Å². The summed E-state index contributed by atoms with van der Waals surface area (Å²) in [6, 6.07) is 0.609. The summed E-state index contributed by atoms with van der Waals surface area (Å²) in [7, 11) is 0. The van der Waals surface area contributed by atoms with Gasteiger partial charge in [0, 0.05) is 63.7 Å². The molecule has 1 saturated carbocycles. The topological polar surface area (TPSA) is 55.9 Å². The van der Waals surface area contributed by atoms with Crippen molar-refractivity contribution in [2.45, 2.75) is 52.1 Å². The minimum atomic E-state index is 0.0324. The van der Waals surface area contributed by atoms with Crippen LogP contribution < -0.4 is 5.32 Å². The predicted molar refractivity (Wildman–Crippen MR) is 98.2 cm³/mol. The van der Waals surface area contributed by atoms with Gasteiger partial charge in [0.25, 0.3) is 0 Å². The molecule has 3 aliphatic rings. The van der Waals surface area contributed by atoms with E-state index >= 15 is 0 Å². The van der Waals surface area contributed by atoms with Gasteiger partial charge in [0.15, 0.2) is 0 Å². The van der Waals surface area contributed by atoms with Gasteiger partial charge >= 0.3 is 0 Å². The summed E-state index contributed by atoms with van der Waals surface area (Å²) in [6.07, 6.45) is 2.63. The average Bonchev–Trinajstić information content (AvgIpc) is 3.20. The summed E-state index contributed by atoms with van der Waals surface area (Å²) in [5.41, 5.74) is 0. The van der Waals surface area contributed by atoms with Gasteiger partial charge < -0.3 is 20.0 Å². The molecule has 0 aromatic heterocycles. The number of carbonyl (C=O) groups is 2. The largest absolute Gasteiger partial charge is 0.353 e. The third-order valence-corrected chi connectivity index (χ3v) is 6.27. The summed E-state index contributed by atoms with van der Waals surface area (Å²) >= 11 is 0. The molecule has 0 aromatic rings. The molecule has 6 nitrogen and oxygen atoms in total. The van der Waals surface area contributed by atoms with Gasteiger partial charge in [-0.05, 0) is 25.3 Å². The molecule has 1 N–H and O–H groups in total. The molecule has 0 spiro atoms. The lowest BCUT2D eigenvalue weighted by atomic mass is 10.0. The molecule has 2 amide bonds. The zero-order chi connectivity index (χ0) is 18.0. The van der Waals surface area contributed by atoms with Crippen LogP contribution in [0.15, 0.2) is 0 Å². The van der Waals surface area contributed by atoms with E-state index in [-0.39, 0.29) is 17.9 Å². The van der Waals surface area contributed by atoms with Gasteiger partial charge in [0.05, 0.1) is 0 Å². The third-order valence-electron chi connectivity index (χ3n) is 6.27. The van der Waals surface area contributed by atoms with E-state index in [9.17, 15) is 9.59 Å². The Morgan fingerprint density at radius 3 is 2.32 bits per heavy atom. The molecule has 2 heterocycles. The SMILES string of the molecule is CCN1CCN(CCC(=O)N2CC3CC2CC3NC(=O)C(C)C)CC1. The molecule has 1 aliphatic carbocycles. The highest BCUT2D eigenvalue weighted by Gasteiger charge is 2.46. The Morgan fingerprint density at radius 2 is 1.76 bits per heavy atom. The Labute approximate surface area is 151 Å². The van der Waals surface area contributed by atoms with E-state index in [1.54, 1.807) is 0 Å². The fraction of sp³-hybridized carbons (Fsp3) is 0.895. The number of rotatable bonds is 6. The van der Waals surface area contributed by atoms with E-state index in [1.165, 1.54) is 0 Å². The first-order chi connectivity index (χ1) is 12.0. The number of amides is 2. The predicted octanol–water partition coefficient (Wildman–Crippen LogP) is 0.776. The maximum atomic E-state index is 12.6. The number of hydrogen-bond donors (Lipinski definition) is 1. The molecule has 3 rings (SSSR count). The summed E-state index contributed by atoms with van der Waals surface area (Å²) < 4.78 is 0. The van der Waals surface area contributed by atoms with Crippen LogP contribution in [0.25, 0.3) is 0 Å². The molecule has 6 heteroatoms. The first-order valence-electron chi connectivity index (χ1n) is 10.0. The van der Waals surface area contributed by atoms with Crippen LogP contribution in [0, 0.1) is 11.8 Å². The zero-order valence-electron chi connectivity index (χ0n) is 16.0. The Morgan fingerprint density at radius 1 is 1.08 bits per heavy atom. The molecule has 0 aromatic carbocycles. The fourth-order valence-corrected chi connectivity index (χ4v) is 4.51. The molecule has 0 radical (unpaired) electrons. The number of nitrogens with zero attached hydrogens (tertiary/aromatic N) is 3. The standard InChI is InChI=1S/C19H34N4O2/c1-4-21-7-9-22(10-8-21)6-5-18(24)23-13-15-11-16(23)12-17(15)20-19(25)14(2)3/h14-17H,4-13H2,1-3H3,(H,20,25). The van der Waals surface area contributed by atoms with Crippen LogP contribution in [0.5, 0.6) is 0 Å². The quantitative estimate of drug-likeness (QED) is 0.769. The van der Waals surface area contributed by atoms with Gasteiger partial charge in [-0.1, -0.05) is 20.8 Å². The van der Waals surface area contributed by atoms with Crippen molar-refractivity contribution in [2.75, 3.05) is 45.8 Å². The van der Waals surface area contributed by atoms with Crippen LogP contribution in [0.3, 0.4) is 0 Å². The number of nitrogens with one attached hydrogen (secondary N) is 1. The van der Waals surface area contributed by atoms with Crippen LogP contribution in [0.4, 0.5) is 0 Å². The molecule has 25 heavy (non-hydrogen) atoms. The van der Waals surface area contributed by atoms with Gasteiger partial charge in [0.2, 0.25) is 11.8 Å². The summed E-state index contributed by atoms with van der Waals surface area (Å²) in [5, 5.41) is 3.17. The number of likely N-dealkylation sites (tertiary alicyclic amines) is 1. The molecule has 2 aliphatic heterocycles. The van der Waals surface area contributed by atoms with Crippen molar-refractivity contribution >= 4 is 11.8 Å². The fourth-order valence-electron chi connectivity index (χ4n) is 4.51. The minimum Gasteiger partial charge on any atom is -0.353 e. The molecular weight excluding hydrogens is 316 g/mol. The number of fused-ring (bicyclic) bond motifs is 2. The van der Waals surface area contributed by atoms with E-state index in [4.69, 9.17) is 0 Å². The Bertz CT molecular complexity index is 488. The second-order valence-corrected chi connectivity index (χ2v) is 8.23. The number of piperidine rings is 1. The lowest BCUT2D eigenvalue weighted by Crippen LogP contribution is -2.50. The molecule has 3 fully saturated rings. The van der Waals surface area contributed by atoms with Crippen molar-refractivity contribution in [3.05, 3.63) is 0 Å². The number of piperazine rings is 1. The van der Waals surface area contributed by atoms with Crippen molar-refractivity contribution in [1.29, 1.82) is 0 Å². The lowest BCUT2D eigenvalue weighted by molar-refractivity contribution is -0.133. The highest BCUT2D eigenvalue weighted by Crippen LogP contribution is 2.38. The van der Waals surface area contributed by atoms with E-state index < -0.39 is 0 Å². The highest BCUT2D eigenvalue weighted by molar-refractivity contribution is 5.79. The highest BCUT2D eigenvalue weighted by atomic mass is 16.2. The second kappa shape index (κ2) is 8.04. The Hall–Kier alpha value is -1.14. The first kappa shape index (κ1) is 18.6. The maximum Gasteiger partial charge on any atom is 0.224 e. The average molecular weight is 351 g/mol. The number of likely N-dealkylation sites (N-methyl/N-ethyl adjacent to an activating group) is 1. The van der Waals surface area contributed by atoms with Gasteiger partial charge in [0.1, 0.15) is 0 Å². The van der Waals surface area contributed by atoms with Crippen LogP contribution in [-0.2, 0) is 9.59 Å². The monoisotopic (exact) mass is 350 g/mol. The molecule has 3 atom stereocenters. The molecule has 3 unspecified atom stereocenters. The normalized spacial score (nSPS) is 30.2. The third kappa shape index (κ3) is 4.34. The maximum absolute atomic E-state index is 12.6. The summed E-state index contributed by atoms with van der Waals surface area (Å²) in [4.78, 5) is 31.5. The van der Waals surface area contributed by atoms with Gasteiger partial charge in [-0.2, -0.15) is 0 Å². The lowest BCUT2D eigenvalue weighted by Gasteiger charge is -2.35. The van der Waals surface area contributed by atoms with Gasteiger partial charge in [-0.25, -0.2) is 0 Å². The van der Waals surface area contributed by atoms with Crippen molar-refractivity contribution in [3.63, 3.8) is 0 Å². The molecular formula is C19H34N4O2. The number of hydrogen-bond acceptors (Lipinski definition) is 4. The first-order valence-corrected chi connectivity index (χ1v) is 10.0. The molecule has 2 saturated heterocycles. The second-order valence-electron chi connectivity index (χ2n) is 8.23. The van der Waals surface area contributed by atoms with Crippen LogP contribution in [0.1, 0.15) is 40.0 Å². The smallest absolute Gasteiger partial charge is 0.224 e. The van der Waals surface area contributed by atoms with Crippen LogP contribution in [0.2, 0.25) is 0 Å².